The van der Waals surface area contributed by atoms with Crippen LogP contribution in [0.25, 0.3) is 0 Å². The van der Waals surface area contributed by atoms with Gasteiger partial charge in [-0.3, -0.25) is 15.2 Å². The summed E-state index contributed by atoms with van der Waals surface area (Å²) in [7, 11) is 0. The zero-order valence-corrected chi connectivity index (χ0v) is 19.4. The Balaban J connectivity index is 1.18. The van der Waals surface area contributed by atoms with Gasteiger partial charge in [-0.05, 0) is 92.6 Å². The summed E-state index contributed by atoms with van der Waals surface area (Å²) >= 11 is 0. The van der Waals surface area contributed by atoms with E-state index in [1.54, 1.807) is 0 Å². The quantitative estimate of drug-likeness (QED) is 0.315. The lowest BCUT2D eigenvalue weighted by Crippen LogP contribution is -2.41. The Labute approximate surface area is 200 Å². The molecule has 1 amide bonds. The van der Waals surface area contributed by atoms with Crippen molar-refractivity contribution in [1.29, 1.82) is 0 Å². The van der Waals surface area contributed by atoms with Gasteiger partial charge in [-0.25, -0.2) is 0 Å². The Kier molecular flexibility index (Phi) is 5.91. The standard InChI is InChI=1S/C29H28N4O/c1-20-3-8-24(9-4-20)30-26-12-14-27(15-13-26)31-25-10-6-22(7-11-25)29(34)32-33-18-17-23-19-21(2)5-16-28(23)33/h3-16,19,30-31H,17-18H2,1-2H3,(H,32,34). The van der Waals surface area contributed by atoms with Gasteiger partial charge in [0, 0.05) is 34.9 Å². The molecule has 0 spiro atoms. The van der Waals surface area contributed by atoms with Crippen LogP contribution in [0.15, 0.2) is 91.0 Å². The van der Waals surface area contributed by atoms with Gasteiger partial charge < -0.3 is 10.6 Å². The van der Waals surface area contributed by atoms with E-state index in [1.165, 1.54) is 16.7 Å². The van der Waals surface area contributed by atoms with Crippen LogP contribution >= 0.6 is 0 Å². The van der Waals surface area contributed by atoms with E-state index in [4.69, 9.17) is 0 Å². The molecule has 1 heterocycles. The number of carbonyl (C=O) groups is 1. The second-order valence-corrected chi connectivity index (χ2v) is 8.75. The van der Waals surface area contributed by atoms with E-state index in [0.29, 0.717) is 5.56 Å². The van der Waals surface area contributed by atoms with E-state index in [1.807, 2.05) is 53.5 Å². The number of aryl methyl sites for hydroxylation is 2. The second kappa shape index (κ2) is 9.32. The van der Waals surface area contributed by atoms with Crippen LogP contribution in [0.2, 0.25) is 0 Å². The molecule has 5 nitrogen and oxygen atoms in total. The van der Waals surface area contributed by atoms with Gasteiger partial charge in [-0.2, -0.15) is 0 Å². The number of hydrogen-bond acceptors (Lipinski definition) is 4. The number of rotatable bonds is 6. The van der Waals surface area contributed by atoms with Crippen molar-refractivity contribution in [2.24, 2.45) is 0 Å². The zero-order valence-electron chi connectivity index (χ0n) is 19.4. The summed E-state index contributed by atoms with van der Waals surface area (Å²) in [6.45, 7) is 4.96. The molecule has 0 atom stereocenters. The van der Waals surface area contributed by atoms with Gasteiger partial charge in [0.05, 0.1) is 5.69 Å². The third-order valence-electron chi connectivity index (χ3n) is 6.03. The maximum absolute atomic E-state index is 12.8. The lowest BCUT2D eigenvalue weighted by molar-refractivity contribution is 0.0950. The van der Waals surface area contributed by atoms with Gasteiger partial charge in [0.25, 0.3) is 5.91 Å². The monoisotopic (exact) mass is 448 g/mol. The molecule has 1 aliphatic heterocycles. The van der Waals surface area contributed by atoms with E-state index in [-0.39, 0.29) is 5.91 Å². The minimum absolute atomic E-state index is 0.105. The van der Waals surface area contributed by atoms with Crippen molar-refractivity contribution in [3.63, 3.8) is 0 Å². The molecule has 0 radical (unpaired) electrons. The van der Waals surface area contributed by atoms with Crippen LogP contribution in [-0.4, -0.2) is 12.5 Å². The van der Waals surface area contributed by atoms with Crippen LogP contribution < -0.4 is 21.1 Å². The Morgan fingerprint density at radius 3 is 1.76 bits per heavy atom. The predicted molar refractivity (Wildman–Crippen MR) is 140 cm³/mol. The minimum atomic E-state index is -0.105. The van der Waals surface area contributed by atoms with Crippen molar-refractivity contribution >= 4 is 34.3 Å². The van der Waals surface area contributed by atoms with Crippen molar-refractivity contribution in [3.8, 4) is 0 Å². The van der Waals surface area contributed by atoms with Gasteiger partial charge in [0.15, 0.2) is 0 Å². The first-order valence-electron chi connectivity index (χ1n) is 11.5. The highest BCUT2D eigenvalue weighted by Gasteiger charge is 2.21. The molecule has 4 aromatic carbocycles. The Bertz CT molecular complexity index is 1300. The van der Waals surface area contributed by atoms with Gasteiger partial charge in [-0.1, -0.05) is 35.4 Å². The maximum atomic E-state index is 12.8. The molecule has 0 fully saturated rings. The Morgan fingerprint density at radius 1 is 0.676 bits per heavy atom. The van der Waals surface area contributed by atoms with Gasteiger partial charge in [0.1, 0.15) is 0 Å². The topological polar surface area (TPSA) is 56.4 Å². The summed E-state index contributed by atoms with van der Waals surface area (Å²) in [5.74, 6) is -0.105. The largest absolute Gasteiger partial charge is 0.356 e. The highest BCUT2D eigenvalue weighted by atomic mass is 16.2. The molecule has 34 heavy (non-hydrogen) atoms. The highest BCUT2D eigenvalue weighted by Crippen LogP contribution is 2.27. The molecule has 0 saturated carbocycles. The zero-order chi connectivity index (χ0) is 23.5. The molecule has 4 aromatic rings. The smallest absolute Gasteiger partial charge is 0.269 e. The number of hydrogen-bond donors (Lipinski definition) is 3. The summed E-state index contributed by atoms with van der Waals surface area (Å²) in [6, 6.07) is 30.4. The third-order valence-corrected chi connectivity index (χ3v) is 6.03. The van der Waals surface area contributed by atoms with Crippen molar-refractivity contribution in [2.45, 2.75) is 20.3 Å². The lowest BCUT2D eigenvalue weighted by Gasteiger charge is -2.20. The Morgan fingerprint density at radius 2 is 1.18 bits per heavy atom. The molecule has 0 unspecified atom stereocenters. The van der Waals surface area contributed by atoms with Gasteiger partial charge in [-0.15, -0.1) is 0 Å². The number of nitrogens with one attached hydrogen (secondary N) is 3. The first-order valence-corrected chi connectivity index (χ1v) is 11.5. The fourth-order valence-corrected chi connectivity index (χ4v) is 4.15. The maximum Gasteiger partial charge on any atom is 0.269 e. The van der Waals surface area contributed by atoms with Gasteiger partial charge in [0.2, 0.25) is 0 Å². The van der Waals surface area contributed by atoms with Crippen LogP contribution in [0.5, 0.6) is 0 Å². The molecule has 0 aromatic heterocycles. The summed E-state index contributed by atoms with van der Waals surface area (Å²) < 4.78 is 0. The number of benzene rings is 4. The van der Waals surface area contributed by atoms with E-state index in [2.05, 4.69) is 72.4 Å². The molecular formula is C29H28N4O. The predicted octanol–water partition coefficient (Wildman–Crippen LogP) is 6.50. The number of anilines is 5. The normalized spacial score (nSPS) is 12.2. The van der Waals surface area contributed by atoms with Crippen molar-refractivity contribution in [1.82, 2.24) is 5.43 Å². The van der Waals surface area contributed by atoms with E-state index < -0.39 is 0 Å². The van der Waals surface area contributed by atoms with E-state index >= 15 is 0 Å². The molecule has 0 saturated heterocycles. The highest BCUT2D eigenvalue weighted by molar-refractivity contribution is 5.95. The lowest BCUT2D eigenvalue weighted by atomic mass is 10.1. The number of carbonyl (C=O) groups excluding carboxylic acids is 1. The fourth-order valence-electron chi connectivity index (χ4n) is 4.15. The molecule has 5 heteroatoms. The van der Waals surface area contributed by atoms with Gasteiger partial charge >= 0.3 is 0 Å². The van der Waals surface area contributed by atoms with E-state index in [9.17, 15) is 4.79 Å². The number of hydrazine groups is 1. The van der Waals surface area contributed by atoms with Crippen molar-refractivity contribution in [2.75, 3.05) is 22.2 Å². The van der Waals surface area contributed by atoms with Crippen LogP contribution in [0.3, 0.4) is 0 Å². The van der Waals surface area contributed by atoms with Crippen LogP contribution in [0, 0.1) is 13.8 Å². The summed E-state index contributed by atoms with van der Waals surface area (Å²) in [4.78, 5) is 12.8. The molecule has 1 aliphatic rings. The summed E-state index contributed by atoms with van der Waals surface area (Å²) in [5, 5.41) is 8.73. The van der Waals surface area contributed by atoms with E-state index in [0.717, 1.165) is 41.4 Å². The summed E-state index contributed by atoms with van der Waals surface area (Å²) in [6.07, 6.45) is 0.944. The molecule has 170 valence electrons. The molecule has 5 rings (SSSR count). The average Bonchev–Trinajstić information content (AvgIpc) is 3.23. The number of fused-ring (bicyclic) bond motifs is 1. The second-order valence-electron chi connectivity index (χ2n) is 8.75. The fraction of sp³-hybridized carbons (Fsp3) is 0.138. The van der Waals surface area contributed by atoms with Crippen LogP contribution in [0.1, 0.15) is 27.0 Å². The molecular weight excluding hydrogens is 420 g/mol. The van der Waals surface area contributed by atoms with Crippen LogP contribution in [-0.2, 0) is 6.42 Å². The Hall–Kier alpha value is -4.25. The first kappa shape index (κ1) is 21.6. The number of amides is 1. The SMILES string of the molecule is Cc1ccc(Nc2ccc(Nc3ccc(C(=O)NN4CCc5cc(C)ccc54)cc3)cc2)cc1. The van der Waals surface area contributed by atoms with Crippen LogP contribution in [0.4, 0.5) is 28.4 Å². The summed E-state index contributed by atoms with van der Waals surface area (Å²) in [5.41, 5.74) is 12.5. The minimum Gasteiger partial charge on any atom is -0.356 e. The molecule has 3 N–H and O–H groups in total. The van der Waals surface area contributed by atoms with Crippen molar-refractivity contribution in [3.05, 3.63) is 113 Å². The van der Waals surface area contributed by atoms with Crippen molar-refractivity contribution < 1.29 is 4.79 Å². The molecule has 0 bridgehead atoms. The third kappa shape index (κ3) is 4.89. The average molecular weight is 449 g/mol. The number of nitrogens with zero attached hydrogens (tertiary/aromatic N) is 1. The first-order chi connectivity index (χ1) is 16.5. The molecule has 0 aliphatic carbocycles.